The number of nitrogens with one attached hydrogen (secondary N) is 1. The highest BCUT2D eigenvalue weighted by atomic mass is 19.1. The first kappa shape index (κ1) is 12.0. The van der Waals surface area contributed by atoms with Gasteiger partial charge in [-0.25, -0.2) is 4.39 Å². The maximum Gasteiger partial charge on any atom is 0.128 e. The molecule has 98 valence electrons. The normalized spacial score (nSPS) is 28.6. The Balaban J connectivity index is 1.64. The van der Waals surface area contributed by atoms with Crippen molar-refractivity contribution in [3.63, 3.8) is 0 Å². The Hall–Kier alpha value is -1.09. The Bertz CT molecular complexity index is 442. The highest BCUT2D eigenvalue weighted by Crippen LogP contribution is 2.34. The zero-order valence-corrected chi connectivity index (χ0v) is 11.1. The number of likely N-dealkylation sites (tertiary alicyclic amines) is 1. The van der Waals surface area contributed by atoms with Crippen LogP contribution in [0.1, 0.15) is 31.7 Å². The van der Waals surface area contributed by atoms with Gasteiger partial charge in [-0.3, -0.25) is 4.90 Å². The number of rotatable bonds is 3. The molecule has 1 N–H and O–H groups in total. The highest BCUT2D eigenvalue weighted by molar-refractivity contribution is 5.46. The van der Waals surface area contributed by atoms with E-state index in [1.165, 1.54) is 12.8 Å². The quantitative estimate of drug-likeness (QED) is 0.884. The third kappa shape index (κ3) is 2.37. The van der Waals surface area contributed by atoms with Crippen LogP contribution in [0.4, 0.5) is 10.1 Å². The maximum absolute atomic E-state index is 13.5. The molecule has 3 heteroatoms. The molecule has 2 unspecified atom stereocenters. The van der Waals surface area contributed by atoms with E-state index in [1.54, 1.807) is 13.0 Å². The molecule has 2 nitrogen and oxygen atoms in total. The van der Waals surface area contributed by atoms with Crippen molar-refractivity contribution >= 4 is 5.69 Å². The fourth-order valence-corrected chi connectivity index (χ4v) is 2.99. The van der Waals surface area contributed by atoms with Gasteiger partial charge in [0.05, 0.1) is 0 Å². The molecule has 1 heterocycles. The summed E-state index contributed by atoms with van der Waals surface area (Å²) in [6.07, 6.45) is 3.87. The van der Waals surface area contributed by atoms with E-state index >= 15 is 0 Å². The second-order valence-electron chi connectivity index (χ2n) is 5.82. The molecular weight excluding hydrogens is 227 g/mol. The molecule has 2 atom stereocenters. The van der Waals surface area contributed by atoms with Crippen molar-refractivity contribution in [1.29, 1.82) is 0 Å². The number of halogens is 1. The van der Waals surface area contributed by atoms with Crippen LogP contribution in [-0.4, -0.2) is 29.6 Å². The first-order valence-electron chi connectivity index (χ1n) is 6.92. The van der Waals surface area contributed by atoms with Crippen LogP contribution in [0.5, 0.6) is 0 Å². The van der Waals surface area contributed by atoms with E-state index in [2.05, 4.69) is 17.1 Å². The molecule has 18 heavy (non-hydrogen) atoms. The van der Waals surface area contributed by atoms with Gasteiger partial charge in [-0.15, -0.1) is 0 Å². The predicted octanol–water partition coefficient (Wildman–Crippen LogP) is 3.17. The second kappa shape index (κ2) is 4.54. The van der Waals surface area contributed by atoms with E-state index in [9.17, 15) is 4.39 Å². The Morgan fingerprint density at radius 1 is 1.33 bits per heavy atom. The minimum atomic E-state index is -0.120. The summed E-state index contributed by atoms with van der Waals surface area (Å²) in [5.74, 6) is -0.120. The van der Waals surface area contributed by atoms with E-state index < -0.39 is 0 Å². The Morgan fingerprint density at radius 2 is 2.11 bits per heavy atom. The van der Waals surface area contributed by atoms with Crippen LogP contribution in [0.2, 0.25) is 0 Å². The number of nitrogens with zero attached hydrogens (tertiary/aromatic N) is 1. The number of hydrogen-bond acceptors (Lipinski definition) is 2. The third-order valence-corrected chi connectivity index (χ3v) is 4.18. The summed E-state index contributed by atoms with van der Waals surface area (Å²) in [5.41, 5.74) is 1.62. The largest absolute Gasteiger partial charge is 0.381 e. The lowest BCUT2D eigenvalue weighted by atomic mass is 10.1. The van der Waals surface area contributed by atoms with Crippen molar-refractivity contribution in [2.24, 2.45) is 0 Å². The molecule has 1 aromatic rings. The van der Waals surface area contributed by atoms with Crippen LogP contribution in [0.3, 0.4) is 0 Å². The summed E-state index contributed by atoms with van der Waals surface area (Å²) in [6, 6.07) is 7.37. The fourth-order valence-electron chi connectivity index (χ4n) is 2.99. The maximum atomic E-state index is 13.5. The van der Waals surface area contributed by atoms with E-state index in [0.717, 1.165) is 24.7 Å². The number of benzene rings is 1. The monoisotopic (exact) mass is 248 g/mol. The van der Waals surface area contributed by atoms with Crippen molar-refractivity contribution in [1.82, 2.24) is 4.90 Å². The first-order valence-corrected chi connectivity index (χ1v) is 6.92. The Kier molecular flexibility index (Phi) is 3.02. The zero-order valence-electron chi connectivity index (χ0n) is 11.1. The lowest BCUT2D eigenvalue weighted by molar-refractivity contribution is 0.257. The molecule has 0 radical (unpaired) electrons. The smallest absolute Gasteiger partial charge is 0.128 e. The van der Waals surface area contributed by atoms with Gasteiger partial charge >= 0.3 is 0 Å². The molecule has 2 aliphatic rings. The summed E-state index contributed by atoms with van der Waals surface area (Å²) in [4.78, 5) is 2.60. The van der Waals surface area contributed by atoms with E-state index in [0.29, 0.717) is 17.6 Å². The van der Waals surface area contributed by atoms with E-state index in [-0.39, 0.29) is 5.82 Å². The minimum absolute atomic E-state index is 0.120. The molecule has 1 aromatic carbocycles. The van der Waals surface area contributed by atoms with Crippen molar-refractivity contribution in [3.05, 3.63) is 29.6 Å². The van der Waals surface area contributed by atoms with Crippen LogP contribution in [0, 0.1) is 12.7 Å². The second-order valence-corrected chi connectivity index (χ2v) is 5.82. The van der Waals surface area contributed by atoms with Gasteiger partial charge in [0.2, 0.25) is 0 Å². The predicted molar refractivity (Wildman–Crippen MR) is 72.4 cm³/mol. The number of anilines is 1. The van der Waals surface area contributed by atoms with Gasteiger partial charge in [0.25, 0.3) is 0 Å². The molecule has 0 bridgehead atoms. The first-order chi connectivity index (χ1) is 8.63. The van der Waals surface area contributed by atoms with Crippen molar-refractivity contribution in [2.45, 2.75) is 51.2 Å². The third-order valence-electron chi connectivity index (χ3n) is 4.18. The zero-order chi connectivity index (χ0) is 12.7. The minimum Gasteiger partial charge on any atom is -0.381 e. The van der Waals surface area contributed by atoms with Crippen molar-refractivity contribution < 1.29 is 4.39 Å². The number of aryl methyl sites for hydroxylation is 1. The lowest BCUT2D eigenvalue weighted by Gasteiger charge is -2.20. The van der Waals surface area contributed by atoms with Crippen molar-refractivity contribution in [3.8, 4) is 0 Å². The Labute approximate surface area is 108 Å². The van der Waals surface area contributed by atoms with Gasteiger partial charge < -0.3 is 5.32 Å². The van der Waals surface area contributed by atoms with Gasteiger partial charge in [0.15, 0.2) is 0 Å². The molecule has 0 amide bonds. The summed E-state index contributed by atoms with van der Waals surface area (Å²) in [7, 11) is 0. The topological polar surface area (TPSA) is 15.3 Å². The van der Waals surface area contributed by atoms with Crippen LogP contribution < -0.4 is 5.32 Å². The summed E-state index contributed by atoms with van der Waals surface area (Å²) >= 11 is 0. The van der Waals surface area contributed by atoms with Gasteiger partial charge in [0, 0.05) is 30.4 Å². The number of hydrogen-bond donors (Lipinski definition) is 1. The molecule has 0 spiro atoms. The van der Waals surface area contributed by atoms with Crippen molar-refractivity contribution in [2.75, 3.05) is 11.9 Å². The van der Waals surface area contributed by atoms with Crippen LogP contribution in [0.15, 0.2) is 18.2 Å². The average molecular weight is 248 g/mol. The summed E-state index contributed by atoms with van der Waals surface area (Å²) < 4.78 is 13.5. The fraction of sp³-hybridized carbons (Fsp3) is 0.600. The van der Waals surface area contributed by atoms with Gasteiger partial charge in [-0.2, -0.15) is 0 Å². The van der Waals surface area contributed by atoms with E-state index in [4.69, 9.17) is 0 Å². The molecule has 1 saturated heterocycles. The van der Waals surface area contributed by atoms with Gasteiger partial charge in [-0.05, 0) is 50.8 Å². The van der Waals surface area contributed by atoms with Gasteiger partial charge in [0.1, 0.15) is 5.82 Å². The van der Waals surface area contributed by atoms with Crippen LogP contribution >= 0.6 is 0 Å². The standard InChI is InChI=1S/C15H21FN2/c1-10-3-4-12(8-15(10)16)17-13-7-11(2)18(9-13)14-5-6-14/h3-4,8,11,13-14,17H,5-7,9H2,1-2H3. The molecule has 0 aromatic heterocycles. The molecule has 3 rings (SSSR count). The molecule has 1 aliphatic carbocycles. The van der Waals surface area contributed by atoms with E-state index in [1.807, 2.05) is 12.1 Å². The SMILES string of the molecule is Cc1ccc(NC2CC(C)N(C3CC3)C2)cc1F. The summed E-state index contributed by atoms with van der Waals surface area (Å²) in [5, 5.41) is 3.47. The lowest BCUT2D eigenvalue weighted by Crippen LogP contribution is -2.31. The molecule has 1 saturated carbocycles. The Morgan fingerprint density at radius 3 is 2.78 bits per heavy atom. The highest BCUT2D eigenvalue weighted by Gasteiger charge is 2.38. The van der Waals surface area contributed by atoms with Crippen LogP contribution in [-0.2, 0) is 0 Å². The van der Waals surface area contributed by atoms with Gasteiger partial charge in [-0.1, -0.05) is 6.07 Å². The molecule has 2 fully saturated rings. The summed E-state index contributed by atoms with van der Waals surface area (Å²) in [6.45, 7) is 5.20. The molecular formula is C15H21FN2. The van der Waals surface area contributed by atoms with Crippen LogP contribution in [0.25, 0.3) is 0 Å². The molecule has 1 aliphatic heterocycles. The average Bonchev–Trinajstić information content (AvgIpc) is 3.09.